The summed E-state index contributed by atoms with van der Waals surface area (Å²) in [4.78, 5) is 24.2. The Kier molecular flexibility index (Phi) is 6.57. The number of nitrogens with one attached hydrogen (secondary N) is 1. The number of carbonyl (C=O) groups excluding carboxylic acids is 2. The lowest BCUT2D eigenvalue weighted by Gasteiger charge is -2.05. The van der Waals surface area contributed by atoms with Crippen LogP contribution < -0.4 is 27.0 Å². The van der Waals surface area contributed by atoms with Crippen molar-refractivity contribution in [3.8, 4) is 17.0 Å². The van der Waals surface area contributed by atoms with Crippen molar-refractivity contribution in [2.24, 2.45) is 0 Å². The largest absolute Gasteiger partial charge is 1.00 e. The van der Waals surface area contributed by atoms with Crippen molar-refractivity contribution in [2.45, 2.75) is 32.9 Å². The Morgan fingerprint density at radius 2 is 1.93 bits per heavy atom. The molecule has 2 aromatic carbocycles. The summed E-state index contributed by atoms with van der Waals surface area (Å²) < 4.78 is 9.56. The van der Waals surface area contributed by atoms with Gasteiger partial charge in [-0.25, -0.2) is 9.13 Å². The fourth-order valence-corrected chi connectivity index (χ4v) is 3.81. The van der Waals surface area contributed by atoms with E-state index in [0.29, 0.717) is 11.3 Å². The van der Waals surface area contributed by atoms with Crippen molar-refractivity contribution < 1.29 is 31.3 Å². The fraction of sp³-hybridized carbons (Fsp3) is 0.261. The average molecular weight is 426 g/mol. The molecule has 0 atom stereocenters. The predicted octanol–water partition coefficient (Wildman–Crippen LogP) is 0.243. The number of amides is 1. The molecule has 0 unspecified atom stereocenters. The zero-order valence-electron chi connectivity index (χ0n) is 17.0. The van der Waals surface area contributed by atoms with Gasteiger partial charge in [0.15, 0.2) is 18.0 Å². The monoisotopic (exact) mass is 425 g/mol. The van der Waals surface area contributed by atoms with Gasteiger partial charge in [-0.1, -0.05) is 12.1 Å². The second kappa shape index (κ2) is 9.13. The molecule has 7 heteroatoms. The minimum atomic E-state index is -0.114. The Morgan fingerprint density at radius 3 is 2.63 bits per heavy atom. The lowest BCUT2D eigenvalue weighted by molar-refractivity contribution is -0.690. The number of ketones is 1. The van der Waals surface area contributed by atoms with Crippen LogP contribution in [-0.2, 0) is 24.3 Å². The molecule has 1 N–H and O–H groups in total. The highest BCUT2D eigenvalue weighted by Gasteiger charge is 2.29. The van der Waals surface area contributed by atoms with Gasteiger partial charge in [-0.3, -0.25) is 9.59 Å². The number of nitrogens with zero attached hydrogens (tertiary/aromatic N) is 2. The number of hydrogen-bond donors (Lipinski definition) is 1. The smallest absolute Gasteiger partial charge is 0.266 e. The molecule has 6 nitrogen and oxygen atoms in total. The van der Waals surface area contributed by atoms with E-state index >= 15 is 0 Å². The van der Waals surface area contributed by atoms with Crippen LogP contribution in [-0.4, -0.2) is 23.4 Å². The molecule has 1 aliphatic rings. The van der Waals surface area contributed by atoms with E-state index in [-0.39, 0.29) is 30.6 Å². The number of halogens is 1. The molecule has 3 aromatic rings. The molecule has 2 heterocycles. The van der Waals surface area contributed by atoms with E-state index in [9.17, 15) is 9.59 Å². The highest BCUT2D eigenvalue weighted by molar-refractivity contribution is 5.96. The standard InChI is InChI=1S/C23H23N3O3.ClH/c1-16(27)18-5-3-6-19(13-18)24-22(28)15-25-14-21(26-12-4-7-23(25)26)17-8-10-20(29-2)11-9-17;/h3,5-6,8-11,13-14H,4,7,12,15H2,1-2H3;1H. The number of imidazole rings is 1. The number of ether oxygens (including phenoxy) is 1. The zero-order valence-corrected chi connectivity index (χ0v) is 17.8. The first-order valence-corrected chi connectivity index (χ1v) is 9.72. The van der Waals surface area contributed by atoms with Crippen LogP contribution in [0, 0.1) is 0 Å². The third kappa shape index (κ3) is 4.39. The van der Waals surface area contributed by atoms with Crippen molar-refractivity contribution in [1.82, 2.24) is 4.57 Å². The van der Waals surface area contributed by atoms with E-state index < -0.39 is 0 Å². The number of aromatic nitrogens is 2. The van der Waals surface area contributed by atoms with Crippen LogP contribution in [0.15, 0.2) is 54.7 Å². The summed E-state index contributed by atoms with van der Waals surface area (Å²) in [5, 5.41) is 2.90. The number of carbonyl (C=O) groups is 2. The summed E-state index contributed by atoms with van der Waals surface area (Å²) in [6.07, 6.45) is 4.06. The van der Waals surface area contributed by atoms with Crippen LogP contribution in [0.1, 0.15) is 29.5 Å². The highest BCUT2D eigenvalue weighted by atomic mass is 35.5. The van der Waals surface area contributed by atoms with Crippen LogP contribution in [0.25, 0.3) is 11.3 Å². The summed E-state index contributed by atoms with van der Waals surface area (Å²) in [5.41, 5.74) is 3.42. The third-order valence-electron chi connectivity index (χ3n) is 5.25. The van der Waals surface area contributed by atoms with E-state index in [1.165, 1.54) is 6.92 Å². The van der Waals surface area contributed by atoms with Crippen LogP contribution >= 0.6 is 0 Å². The Balaban J connectivity index is 0.00000256. The molecular weight excluding hydrogens is 402 g/mol. The molecule has 0 aliphatic carbocycles. The molecule has 0 fully saturated rings. The summed E-state index contributed by atoms with van der Waals surface area (Å²) in [5.74, 6) is 1.84. The molecule has 1 aromatic heterocycles. The quantitative estimate of drug-likeness (QED) is 0.454. The van der Waals surface area contributed by atoms with Crippen molar-refractivity contribution in [2.75, 3.05) is 12.4 Å². The normalized spacial score (nSPS) is 12.1. The predicted molar refractivity (Wildman–Crippen MR) is 110 cm³/mol. The van der Waals surface area contributed by atoms with Gasteiger partial charge in [0.2, 0.25) is 0 Å². The number of anilines is 1. The Bertz CT molecular complexity index is 1070. The lowest BCUT2D eigenvalue weighted by atomic mass is 10.1. The van der Waals surface area contributed by atoms with E-state index in [0.717, 1.165) is 42.2 Å². The van der Waals surface area contributed by atoms with Gasteiger partial charge in [-0.05, 0) is 49.7 Å². The molecule has 0 radical (unpaired) electrons. The Labute approximate surface area is 181 Å². The van der Waals surface area contributed by atoms with Gasteiger partial charge in [-0.15, -0.1) is 0 Å². The van der Waals surface area contributed by atoms with Crippen LogP contribution in [0.4, 0.5) is 5.69 Å². The second-order valence-electron chi connectivity index (χ2n) is 7.23. The summed E-state index contributed by atoms with van der Waals surface area (Å²) in [7, 11) is 1.66. The van der Waals surface area contributed by atoms with Gasteiger partial charge in [-0.2, -0.15) is 0 Å². The van der Waals surface area contributed by atoms with Gasteiger partial charge in [0, 0.05) is 16.8 Å². The van der Waals surface area contributed by atoms with Gasteiger partial charge < -0.3 is 22.5 Å². The maximum atomic E-state index is 12.6. The van der Waals surface area contributed by atoms with E-state index in [2.05, 4.69) is 9.88 Å². The summed E-state index contributed by atoms with van der Waals surface area (Å²) in [6.45, 7) is 2.70. The fourth-order valence-electron chi connectivity index (χ4n) is 3.81. The van der Waals surface area contributed by atoms with Crippen molar-refractivity contribution in [1.29, 1.82) is 0 Å². The molecule has 1 amide bonds. The minimum absolute atomic E-state index is 0. The molecule has 156 valence electrons. The molecule has 0 saturated heterocycles. The van der Waals surface area contributed by atoms with Gasteiger partial charge in [0.05, 0.1) is 20.1 Å². The first kappa shape index (κ1) is 21.6. The number of fused-ring (bicyclic) bond motifs is 1. The summed E-state index contributed by atoms with van der Waals surface area (Å²) in [6, 6.07) is 15.0. The maximum absolute atomic E-state index is 12.6. The van der Waals surface area contributed by atoms with Gasteiger partial charge in [0.25, 0.3) is 11.7 Å². The van der Waals surface area contributed by atoms with E-state index in [1.54, 1.807) is 31.4 Å². The molecule has 0 saturated carbocycles. The highest BCUT2D eigenvalue weighted by Crippen LogP contribution is 2.26. The van der Waals surface area contributed by atoms with Gasteiger partial charge in [0.1, 0.15) is 11.9 Å². The number of rotatable bonds is 6. The molecule has 0 spiro atoms. The number of methoxy groups -OCH3 is 1. The van der Waals surface area contributed by atoms with Crippen molar-refractivity contribution >= 4 is 17.4 Å². The Hall–Kier alpha value is -3.12. The number of benzene rings is 2. The SMILES string of the molecule is COc1ccc(-c2c[n+](CC(=O)Nc3cccc(C(C)=O)c3)c3n2CCC3)cc1.[Cl-]. The van der Waals surface area contributed by atoms with Crippen LogP contribution in [0.3, 0.4) is 0 Å². The zero-order chi connectivity index (χ0) is 20.4. The average Bonchev–Trinajstić information content (AvgIpc) is 3.32. The van der Waals surface area contributed by atoms with Crippen LogP contribution in [0.5, 0.6) is 5.75 Å². The molecular formula is C23H24ClN3O3. The Morgan fingerprint density at radius 1 is 1.17 bits per heavy atom. The van der Waals surface area contributed by atoms with Crippen LogP contribution in [0.2, 0.25) is 0 Å². The lowest BCUT2D eigenvalue weighted by Crippen LogP contribution is -3.00. The van der Waals surface area contributed by atoms with E-state index in [1.807, 2.05) is 35.0 Å². The van der Waals surface area contributed by atoms with Gasteiger partial charge >= 0.3 is 0 Å². The first-order chi connectivity index (χ1) is 14.0. The second-order valence-corrected chi connectivity index (χ2v) is 7.23. The van der Waals surface area contributed by atoms with E-state index in [4.69, 9.17) is 4.74 Å². The molecule has 1 aliphatic heterocycles. The minimum Gasteiger partial charge on any atom is -1.00 e. The van der Waals surface area contributed by atoms with Crippen molar-refractivity contribution in [3.63, 3.8) is 0 Å². The van der Waals surface area contributed by atoms with Crippen molar-refractivity contribution in [3.05, 3.63) is 66.1 Å². The number of Topliss-reactive ketones (excluding diaryl/α,β-unsaturated/α-hetero) is 1. The third-order valence-corrected chi connectivity index (χ3v) is 5.25. The maximum Gasteiger partial charge on any atom is 0.266 e. The number of hydrogen-bond acceptors (Lipinski definition) is 3. The first-order valence-electron chi connectivity index (χ1n) is 9.72. The molecule has 4 rings (SSSR count). The summed E-state index contributed by atoms with van der Waals surface area (Å²) >= 11 is 0. The topological polar surface area (TPSA) is 64.2 Å². The molecule has 30 heavy (non-hydrogen) atoms. The molecule has 0 bridgehead atoms.